The van der Waals surface area contributed by atoms with Crippen molar-refractivity contribution in [3.8, 4) is 5.75 Å². The van der Waals surface area contributed by atoms with E-state index >= 15 is 0 Å². The molecule has 0 heterocycles. The summed E-state index contributed by atoms with van der Waals surface area (Å²) < 4.78 is 18.4. The first-order valence-electron chi connectivity index (χ1n) is 5.88. The number of benzene rings is 1. The topological polar surface area (TPSA) is 21.3 Å². The van der Waals surface area contributed by atoms with Crippen molar-refractivity contribution in [2.24, 2.45) is 0 Å². The maximum absolute atomic E-state index is 12.9. The second-order valence-electron chi connectivity index (χ2n) is 4.46. The summed E-state index contributed by atoms with van der Waals surface area (Å²) in [6.07, 6.45) is 3.86. The van der Waals surface area contributed by atoms with E-state index in [4.69, 9.17) is 4.74 Å². The van der Waals surface area contributed by atoms with Crippen LogP contribution in [0.15, 0.2) is 24.3 Å². The van der Waals surface area contributed by atoms with Gasteiger partial charge >= 0.3 is 0 Å². The largest absolute Gasteiger partial charge is 0.492 e. The molecule has 1 N–H and O–H groups in total. The summed E-state index contributed by atoms with van der Waals surface area (Å²) in [6, 6.07) is 7.24. The molecule has 1 aliphatic rings. The maximum Gasteiger partial charge on any atom is 0.126 e. The van der Waals surface area contributed by atoms with Crippen molar-refractivity contribution in [3.05, 3.63) is 30.1 Å². The van der Waals surface area contributed by atoms with Crippen LogP contribution in [-0.4, -0.2) is 18.7 Å². The van der Waals surface area contributed by atoms with Crippen LogP contribution in [0.3, 0.4) is 0 Å². The lowest BCUT2D eigenvalue weighted by molar-refractivity contribution is 0.232. The molecule has 0 radical (unpaired) electrons. The zero-order valence-corrected chi connectivity index (χ0v) is 9.58. The molecule has 1 atom stereocenters. The summed E-state index contributed by atoms with van der Waals surface area (Å²) in [5.74, 6) is 0.347. The zero-order chi connectivity index (χ0) is 11.4. The van der Waals surface area contributed by atoms with Crippen LogP contribution in [0.5, 0.6) is 5.75 Å². The molecule has 1 fully saturated rings. The Morgan fingerprint density at radius 1 is 1.50 bits per heavy atom. The summed E-state index contributed by atoms with van der Waals surface area (Å²) >= 11 is 0. The van der Waals surface area contributed by atoms with E-state index in [1.165, 1.54) is 31.4 Å². The third-order valence-corrected chi connectivity index (χ3v) is 2.92. The predicted molar refractivity (Wildman–Crippen MR) is 62.1 cm³/mol. The van der Waals surface area contributed by atoms with E-state index < -0.39 is 0 Å². The van der Waals surface area contributed by atoms with Gasteiger partial charge in [0.05, 0.1) is 0 Å². The molecule has 1 aliphatic carbocycles. The Hall–Kier alpha value is -1.09. The van der Waals surface area contributed by atoms with Gasteiger partial charge in [-0.05, 0) is 31.9 Å². The van der Waals surface area contributed by atoms with Gasteiger partial charge in [-0.3, -0.25) is 0 Å². The number of nitrogens with one attached hydrogen (secondary N) is 1. The average Bonchev–Trinajstić information content (AvgIpc) is 2.21. The highest BCUT2D eigenvalue weighted by Gasteiger charge is 2.18. The van der Waals surface area contributed by atoms with Crippen LogP contribution in [0.1, 0.15) is 26.2 Å². The minimum Gasteiger partial charge on any atom is -0.492 e. The highest BCUT2D eigenvalue weighted by molar-refractivity contribution is 5.22. The highest BCUT2D eigenvalue weighted by atomic mass is 19.1. The Kier molecular flexibility index (Phi) is 3.78. The Morgan fingerprint density at radius 3 is 2.94 bits per heavy atom. The fraction of sp³-hybridized carbons (Fsp3) is 0.538. The molecule has 0 saturated heterocycles. The summed E-state index contributed by atoms with van der Waals surface area (Å²) in [5, 5.41) is 3.48. The van der Waals surface area contributed by atoms with Crippen molar-refractivity contribution in [2.45, 2.75) is 38.3 Å². The molecule has 1 unspecified atom stereocenters. The molecule has 1 aromatic rings. The lowest BCUT2D eigenvalue weighted by Crippen LogP contribution is -2.43. The number of ether oxygens (including phenoxy) is 1. The van der Waals surface area contributed by atoms with Gasteiger partial charge in [0, 0.05) is 18.2 Å². The van der Waals surface area contributed by atoms with E-state index in [2.05, 4.69) is 12.2 Å². The van der Waals surface area contributed by atoms with Crippen molar-refractivity contribution in [1.29, 1.82) is 0 Å². The van der Waals surface area contributed by atoms with E-state index in [9.17, 15) is 4.39 Å². The standard InChI is InChI=1S/C13H18FNO/c1-10(15-12-5-3-6-12)9-16-13-7-2-4-11(14)8-13/h2,4,7-8,10,12,15H,3,5-6,9H2,1H3. The van der Waals surface area contributed by atoms with Crippen molar-refractivity contribution in [2.75, 3.05) is 6.61 Å². The second kappa shape index (κ2) is 5.30. The van der Waals surface area contributed by atoms with Crippen LogP contribution in [0, 0.1) is 5.82 Å². The molecular formula is C13H18FNO. The van der Waals surface area contributed by atoms with Gasteiger partial charge in [0.15, 0.2) is 0 Å². The predicted octanol–water partition coefficient (Wildman–Crippen LogP) is 2.74. The molecule has 3 heteroatoms. The molecule has 0 aromatic heterocycles. The minimum atomic E-state index is -0.253. The van der Waals surface area contributed by atoms with E-state index in [1.54, 1.807) is 12.1 Å². The van der Waals surface area contributed by atoms with Gasteiger partial charge < -0.3 is 10.1 Å². The molecular weight excluding hydrogens is 205 g/mol. The van der Waals surface area contributed by atoms with Crippen LogP contribution in [0.2, 0.25) is 0 Å². The first-order valence-corrected chi connectivity index (χ1v) is 5.88. The molecule has 2 nitrogen and oxygen atoms in total. The molecule has 0 aliphatic heterocycles. The van der Waals surface area contributed by atoms with E-state index in [-0.39, 0.29) is 5.82 Å². The van der Waals surface area contributed by atoms with Gasteiger partial charge in [-0.2, -0.15) is 0 Å². The Labute approximate surface area is 95.8 Å². The number of rotatable bonds is 5. The molecule has 0 amide bonds. The summed E-state index contributed by atoms with van der Waals surface area (Å²) in [5.41, 5.74) is 0. The third-order valence-electron chi connectivity index (χ3n) is 2.92. The van der Waals surface area contributed by atoms with Crippen molar-refractivity contribution in [1.82, 2.24) is 5.32 Å². The average molecular weight is 223 g/mol. The van der Waals surface area contributed by atoms with Gasteiger partial charge in [-0.25, -0.2) is 4.39 Å². The summed E-state index contributed by atoms with van der Waals surface area (Å²) in [7, 11) is 0. The summed E-state index contributed by atoms with van der Waals surface area (Å²) in [6.45, 7) is 2.68. The second-order valence-corrected chi connectivity index (χ2v) is 4.46. The Bertz CT molecular complexity index is 338. The van der Waals surface area contributed by atoms with Crippen molar-refractivity contribution < 1.29 is 9.13 Å². The third kappa shape index (κ3) is 3.20. The Morgan fingerprint density at radius 2 is 2.31 bits per heavy atom. The van der Waals surface area contributed by atoms with Gasteiger partial charge in [-0.1, -0.05) is 12.5 Å². The molecule has 16 heavy (non-hydrogen) atoms. The van der Waals surface area contributed by atoms with E-state index in [0.717, 1.165) is 0 Å². The lowest BCUT2D eigenvalue weighted by atomic mass is 9.92. The van der Waals surface area contributed by atoms with E-state index in [0.29, 0.717) is 24.4 Å². The van der Waals surface area contributed by atoms with Crippen LogP contribution < -0.4 is 10.1 Å². The highest BCUT2D eigenvalue weighted by Crippen LogP contribution is 2.19. The fourth-order valence-electron chi connectivity index (χ4n) is 1.80. The first kappa shape index (κ1) is 11.4. The summed E-state index contributed by atoms with van der Waals surface area (Å²) in [4.78, 5) is 0. The van der Waals surface area contributed by atoms with Crippen LogP contribution in [0.4, 0.5) is 4.39 Å². The molecule has 1 saturated carbocycles. The van der Waals surface area contributed by atoms with Crippen molar-refractivity contribution >= 4 is 0 Å². The molecule has 0 spiro atoms. The molecule has 1 aromatic carbocycles. The van der Waals surface area contributed by atoms with Gasteiger partial charge in [-0.15, -0.1) is 0 Å². The van der Waals surface area contributed by atoms with Gasteiger partial charge in [0.25, 0.3) is 0 Å². The van der Waals surface area contributed by atoms with Crippen LogP contribution >= 0.6 is 0 Å². The monoisotopic (exact) mass is 223 g/mol. The SMILES string of the molecule is CC(COc1cccc(F)c1)NC1CCC1. The number of hydrogen-bond donors (Lipinski definition) is 1. The number of hydrogen-bond acceptors (Lipinski definition) is 2. The van der Waals surface area contributed by atoms with Crippen molar-refractivity contribution in [3.63, 3.8) is 0 Å². The lowest BCUT2D eigenvalue weighted by Gasteiger charge is -2.29. The number of halogens is 1. The van der Waals surface area contributed by atoms with Crippen LogP contribution in [0.25, 0.3) is 0 Å². The maximum atomic E-state index is 12.9. The Balaban J connectivity index is 1.73. The van der Waals surface area contributed by atoms with Gasteiger partial charge in [0.2, 0.25) is 0 Å². The molecule has 88 valence electrons. The smallest absolute Gasteiger partial charge is 0.126 e. The fourth-order valence-corrected chi connectivity index (χ4v) is 1.80. The molecule has 2 rings (SSSR count). The minimum absolute atomic E-state index is 0.253. The molecule has 0 bridgehead atoms. The zero-order valence-electron chi connectivity index (χ0n) is 9.58. The first-order chi connectivity index (χ1) is 7.74. The quantitative estimate of drug-likeness (QED) is 0.828. The van der Waals surface area contributed by atoms with Gasteiger partial charge in [0.1, 0.15) is 18.2 Å². The van der Waals surface area contributed by atoms with Crippen LogP contribution in [-0.2, 0) is 0 Å². The van der Waals surface area contributed by atoms with E-state index in [1.807, 2.05) is 0 Å². The normalized spacial score (nSPS) is 17.9.